The summed E-state index contributed by atoms with van der Waals surface area (Å²) in [5.41, 5.74) is 8.85. The summed E-state index contributed by atoms with van der Waals surface area (Å²) >= 11 is 0. The van der Waals surface area contributed by atoms with Gasteiger partial charge in [-0.2, -0.15) is 0 Å². The van der Waals surface area contributed by atoms with E-state index < -0.39 is 0 Å². The molecule has 1 heterocycles. The van der Waals surface area contributed by atoms with Crippen LogP contribution in [0, 0.1) is 19.7 Å². The molecule has 4 heteroatoms. The van der Waals surface area contributed by atoms with E-state index in [9.17, 15) is 4.39 Å². The van der Waals surface area contributed by atoms with Crippen molar-refractivity contribution in [3.8, 4) is 0 Å². The van der Waals surface area contributed by atoms with Gasteiger partial charge in [-0.25, -0.2) is 9.37 Å². The van der Waals surface area contributed by atoms with Crippen LogP contribution in [0.25, 0.3) is 0 Å². The monoisotopic (exact) mass is 231 g/mol. The second-order valence-electron chi connectivity index (χ2n) is 4.09. The van der Waals surface area contributed by atoms with Gasteiger partial charge in [0.15, 0.2) is 5.82 Å². The molecule has 2 aromatic rings. The van der Waals surface area contributed by atoms with Gasteiger partial charge in [0.05, 0.1) is 5.69 Å². The highest BCUT2D eigenvalue weighted by Gasteiger charge is 2.03. The summed E-state index contributed by atoms with van der Waals surface area (Å²) in [6, 6.07) is 6.54. The Morgan fingerprint density at radius 3 is 2.53 bits per heavy atom. The van der Waals surface area contributed by atoms with Gasteiger partial charge in [0, 0.05) is 11.9 Å². The van der Waals surface area contributed by atoms with E-state index in [1.54, 1.807) is 6.20 Å². The maximum atomic E-state index is 13.2. The molecule has 0 bridgehead atoms. The third-order valence-corrected chi connectivity index (χ3v) is 2.36. The molecule has 3 N–H and O–H groups in total. The Labute approximate surface area is 99.5 Å². The molecule has 0 unspecified atom stereocenters. The zero-order valence-corrected chi connectivity index (χ0v) is 9.79. The molecule has 0 atom stereocenters. The minimum absolute atomic E-state index is 0.279. The summed E-state index contributed by atoms with van der Waals surface area (Å²) in [6.07, 6.45) is 1.71. The molecule has 1 aromatic heterocycles. The van der Waals surface area contributed by atoms with Gasteiger partial charge in [-0.3, -0.25) is 0 Å². The number of aryl methyl sites for hydroxylation is 2. The molecule has 17 heavy (non-hydrogen) atoms. The maximum Gasteiger partial charge on any atom is 0.153 e. The first-order chi connectivity index (χ1) is 8.04. The SMILES string of the molecule is Cc1cc(F)cc(Nc2ncc(C)cc2N)c1. The lowest BCUT2D eigenvalue weighted by atomic mass is 10.2. The van der Waals surface area contributed by atoms with E-state index in [2.05, 4.69) is 10.3 Å². The van der Waals surface area contributed by atoms with Crippen LogP contribution >= 0.6 is 0 Å². The first kappa shape index (κ1) is 11.4. The summed E-state index contributed by atoms with van der Waals surface area (Å²) in [5, 5.41) is 3.00. The van der Waals surface area contributed by atoms with E-state index in [0.717, 1.165) is 11.1 Å². The van der Waals surface area contributed by atoms with Gasteiger partial charge in [-0.15, -0.1) is 0 Å². The van der Waals surface area contributed by atoms with Crippen molar-refractivity contribution in [2.24, 2.45) is 0 Å². The van der Waals surface area contributed by atoms with Crippen molar-refractivity contribution >= 4 is 17.2 Å². The lowest BCUT2D eigenvalue weighted by Gasteiger charge is -2.09. The molecule has 0 aliphatic heterocycles. The molecule has 1 aromatic carbocycles. The van der Waals surface area contributed by atoms with Crippen molar-refractivity contribution in [2.75, 3.05) is 11.1 Å². The van der Waals surface area contributed by atoms with E-state index in [0.29, 0.717) is 17.2 Å². The first-order valence-corrected chi connectivity index (χ1v) is 5.31. The zero-order chi connectivity index (χ0) is 12.4. The summed E-state index contributed by atoms with van der Waals surface area (Å²) in [4.78, 5) is 4.17. The molecular weight excluding hydrogens is 217 g/mol. The minimum atomic E-state index is -0.279. The number of hydrogen-bond acceptors (Lipinski definition) is 3. The number of halogens is 1. The molecule has 3 nitrogen and oxygen atoms in total. The topological polar surface area (TPSA) is 50.9 Å². The van der Waals surface area contributed by atoms with Crippen molar-refractivity contribution in [3.05, 3.63) is 47.4 Å². The molecule has 0 radical (unpaired) electrons. The van der Waals surface area contributed by atoms with Crippen molar-refractivity contribution in [1.82, 2.24) is 4.98 Å². The molecule has 88 valence electrons. The van der Waals surface area contributed by atoms with Gasteiger partial charge < -0.3 is 11.1 Å². The fourth-order valence-corrected chi connectivity index (χ4v) is 1.64. The molecule has 0 fully saturated rings. The molecule has 0 aliphatic rings. The lowest BCUT2D eigenvalue weighted by Crippen LogP contribution is -2.00. The molecule has 2 rings (SSSR count). The first-order valence-electron chi connectivity index (χ1n) is 5.31. The molecular formula is C13H14FN3. The fraction of sp³-hybridized carbons (Fsp3) is 0.154. The average Bonchev–Trinajstić information content (AvgIpc) is 2.21. The van der Waals surface area contributed by atoms with Crippen LogP contribution in [0.15, 0.2) is 30.5 Å². The van der Waals surface area contributed by atoms with Gasteiger partial charge in [0.25, 0.3) is 0 Å². The van der Waals surface area contributed by atoms with Crippen LogP contribution in [0.5, 0.6) is 0 Å². The van der Waals surface area contributed by atoms with Gasteiger partial charge >= 0.3 is 0 Å². The van der Waals surface area contributed by atoms with Crippen LogP contribution in [-0.2, 0) is 0 Å². The third kappa shape index (κ3) is 2.72. The number of aromatic nitrogens is 1. The number of anilines is 3. The smallest absolute Gasteiger partial charge is 0.153 e. The van der Waals surface area contributed by atoms with Gasteiger partial charge in [-0.05, 0) is 49.2 Å². The Balaban J connectivity index is 2.31. The number of pyridine rings is 1. The Bertz CT molecular complexity index is 532. The third-order valence-electron chi connectivity index (χ3n) is 2.36. The summed E-state index contributed by atoms with van der Waals surface area (Å²) in [6.45, 7) is 3.75. The van der Waals surface area contributed by atoms with E-state index in [4.69, 9.17) is 5.73 Å². The van der Waals surface area contributed by atoms with Crippen LogP contribution in [0.4, 0.5) is 21.6 Å². The minimum Gasteiger partial charge on any atom is -0.396 e. The molecule has 0 amide bonds. The Kier molecular flexibility index (Phi) is 2.95. The highest BCUT2D eigenvalue weighted by Crippen LogP contribution is 2.22. The average molecular weight is 231 g/mol. The summed E-state index contributed by atoms with van der Waals surface area (Å²) in [7, 11) is 0. The number of hydrogen-bond donors (Lipinski definition) is 2. The van der Waals surface area contributed by atoms with E-state index >= 15 is 0 Å². The van der Waals surface area contributed by atoms with Gasteiger partial charge in [0.2, 0.25) is 0 Å². The highest BCUT2D eigenvalue weighted by atomic mass is 19.1. The number of benzene rings is 1. The number of nitrogens with zero attached hydrogens (tertiary/aromatic N) is 1. The molecule has 0 aliphatic carbocycles. The quantitative estimate of drug-likeness (QED) is 0.834. The van der Waals surface area contributed by atoms with Crippen LogP contribution in [-0.4, -0.2) is 4.98 Å². The largest absolute Gasteiger partial charge is 0.396 e. The molecule has 0 saturated heterocycles. The number of nitrogens with two attached hydrogens (primary N) is 1. The highest BCUT2D eigenvalue weighted by molar-refractivity contribution is 5.69. The van der Waals surface area contributed by atoms with Gasteiger partial charge in [0.1, 0.15) is 5.82 Å². The van der Waals surface area contributed by atoms with E-state index in [-0.39, 0.29) is 5.82 Å². The van der Waals surface area contributed by atoms with Crippen molar-refractivity contribution < 1.29 is 4.39 Å². The van der Waals surface area contributed by atoms with E-state index in [1.165, 1.54) is 12.1 Å². The predicted molar refractivity (Wildman–Crippen MR) is 67.8 cm³/mol. The molecule has 0 saturated carbocycles. The number of nitrogens with one attached hydrogen (secondary N) is 1. The zero-order valence-electron chi connectivity index (χ0n) is 9.79. The van der Waals surface area contributed by atoms with Crippen molar-refractivity contribution in [3.63, 3.8) is 0 Å². The summed E-state index contributed by atoms with van der Waals surface area (Å²) in [5.74, 6) is 0.263. The molecule has 0 spiro atoms. The Morgan fingerprint density at radius 1 is 1.12 bits per heavy atom. The van der Waals surface area contributed by atoms with Crippen molar-refractivity contribution in [1.29, 1.82) is 0 Å². The van der Waals surface area contributed by atoms with Crippen LogP contribution in [0.3, 0.4) is 0 Å². The van der Waals surface area contributed by atoms with Crippen LogP contribution < -0.4 is 11.1 Å². The van der Waals surface area contributed by atoms with Crippen LogP contribution in [0.1, 0.15) is 11.1 Å². The predicted octanol–water partition coefficient (Wildman–Crippen LogP) is 3.16. The Morgan fingerprint density at radius 2 is 1.88 bits per heavy atom. The fourth-order valence-electron chi connectivity index (χ4n) is 1.64. The second-order valence-corrected chi connectivity index (χ2v) is 4.09. The van der Waals surface area contributed by atoms with Crippen molar-refractivity contribution in [2.45, 2.75) is 13.8 Å². The standard InChI is InChI=1S/C13H14FN3/c1-8-3-10(14)6-11(4-8)17-13-12(15)5-9(2)7-16-13/h3-7H,15H2,1-2H3,(H,16,17). The maximum absolute atomic E-state index is 13.2. The van der Waals surface area contributed by atoms with Gasteiger partial charge in [-0.1, -0.05) is 0 Å². The lowest BCUT2D eigenvalue weighted by molar-refractivity contribution is 0.627. The van der Waals surface area contributed by atoms with Crippen LogP contribution in [0.2, 0.25) is 0 Å². The second kappa shape index (κ2) is 4.41. The van der Waals surface area contributed by atoms with E-state index in [1.807, 2.05) is 26.0 Å². The normalized spacial score (nSPS) is 10.3. The summed E-state index contributed by atoms with van der Waals surface area (Å²) < 4.78 is 13.2. The number of nitrogen functional groups attached to an aromatic ring is 1. The number of rotatable bonds is 2. The Hall–Kier alpha value is -2.10.